The average Bonchev–Trinajstić information content (AvgIpc) is 2.98. The van der Waals surface area contributed by atoms with Crippen LogP contribution in [0.25, 0.3) is 10.2 Å². The van der Waals surface area contributed by atoms with Gasteiger partial charge in [-0.25, -0.2) is 13.8 Å². The minimum atomic E-state index is -0.719. The highest BCUT2D eigenvalue weighted by Crippen LogP contribution is 2.31. The molecule has 0 saturated carbocycles. The third-order valence-electron chi connectivity index (χ3n) is 3.98. The number of aromatic nitrogens is 1. The molecule has 26 heavy (non-hydrogen) atoms. The zero-order valence-corrected chi connectivity index (χ0v) is 15.7. The Bertz CT molecular complexity index is 955. The Morgan fingerprint density at radius 3 is 2.69 bits per heavy atom. The number of amides is 1. The van der Waals surface area contributed by atoms with Crippen molar-refractivity contribution in [1.82, 2.24) is 4.98 Å². The summed E-state index contributed by atoms with van der Waals surface area (Å²) < 4.78 is 27.9. The van der Waals surface area contributed by atoms with E-state index >= 15 is 0 Å². The van der Waals surface area contributed by atoms with Crippen LogP contribution in [0, 0.1) is 18.6 Å². The van der Waals surface area contributed by atoms with Crippen LogP contribution in [-0.2, 0) is 0 Å². The highest BCUT2D eigenvalue weighted by molar-refractivity contribution is 7.22. The van der Waals surface area contributed by atoms with E-state index in [1.54, 1.807) is 11.0 Å². The summed E-state index contributed by atoms with van der Waals surface area (Å²) in [5.74, 6) is -1.57. The predicted molar refractivity (Wildman–Crippen MR) is 100 cm³/mol. The van der Waals surface area contributed by atoms with Crippen molar-refractivity contribution in [2.75, 3.05) is 32.1 Å². The van der Waals surface area contributed by atoms with Crippen molar-refractivity contribution in [3.63, 3.8) is 0 Å². The van der Waals surface area contributed by atoms with Gasteiger partial charge in [-0.1, -0.05) is 29.0 Å². The van der Waals surface area contributed by atoms with Crippen LogP contribution in [0.3, 0.4) is 0 Å². The fraction of sp³-hybridized carbons (Fsp3) is 0.263. The van der Waals surface area contributed by atoms with Gasteiger partial charge in [-0.3, -0.25) is 9.69 Å². The van der Waals surface area contributed by atoms with Crippen LogP contribution in [0.1, 0.15) is 15.9 Å². The van der Waals surface area contributed by atoms with Crippen molar-refractivity contribution in [1.29, 1.82) is 0 Å². The molecule has 4 nitrogen and oxygen atoms in total. The Morgan fingerprint density at radius 2 is 2.00 bits per heavy atom. The smallest absolute Gasteiger partial charge is 0.260 e. The molecule has 1 amide bonds. The maximum atomic E-state index is 14.0. The predicted octanol–water partition coefficient (Wildman–Crippen LogP) is 2.67. The molecule has 0 radical (unpaired) electrons. The van der Waals surface area contributed by atoms with Crippen molar-refractivity contribution in [3.05, 3.63) is 59.2 Å². The van der Waals surface area contributed by atoms with Crippen LogP contribution in [0.15, 0.2) is 36.4 Å². The Balaban J connectivity index is 2.03. The molecule has 0 fully saturated rings. The van der Waals surface area contributed by atoms with E-state index in [1.165, 1.54) is 11.0 Å². The zero-order valence-electron chi connectivity index (χ0n) is 14.8. The lowest BCUT2D eigenvalue weighted by atomic mass is 10.1. The van der Waals surface area contributed by atoms with Crippen molar-refractivity contribution in [3.8, 4) is 0 Å². The monoisotopic (exact) mass is 376 g/mol. The van der Waals surface area contributed by atoms with Gasteiger partial charge in [0.25, 0.3) is 5.91 Å². The molecule has 0 saturated heterocycles. The van der Waals surface area contributed by atoms with Gasteiger partial charge < -0.3 is 4.90 Å². The van der Waals surface area contributed by atoms with E-state index in [0.717, 1.165) is 23.0 Å². The molecular formula is C19H20F2N3OS+. The molecule has 0 aliphatic carbocycles. The molecule has 1 N–H and O–H groups in total. The summed E-state index contributed by atoms with van der Waals surface area (Å²) in [6, 6.07) is 9.35. The normalized spacial score (nSPS) is 11.3. The van der Waals surface area contributed by atoms with E-state index in [2.05, 4.69) is 4.98 Å². The summed E-state index contributed by atoms with van der Waals surface area (Å²) in [6.07, 6.45) is 0. The number of halogens is 2. The van der Waals surface area contributed by atoms with Gasteiger partial charge in [-0.15, -0.1) is 0 Å². The summed E-state index contributed by atoms with van der Waals surface area (Å²) in [7, 11) is 3.98. The van der Waals surface area contributed by atoms with Crippen molar-refractivity contribution in [2.24, 2.45) is 0 Å². The molecule has 0 atom stereocenters. The SMILES string of the molecule is Cc1cccc(C(=O)N(CC[NH+](C)C)c2nc3c(F)cc(F)cc3s2)c1. The zero-order chi connectivity index (χ0) is 18.8. The summed E-state index contributed by atoms with van der Waals surface area (Å²) in [5, 5.41) is 0.372. The molecule has 1 heterocycles. The van der Waals surface area contributed by atoms with Gasteiger partial charge in [-0.05, 0) is 25.1 Å². The molecule has 0 aliphatic rings. The van der Waals surface area contributed by atoms with Gasteiger partial charge in [-0.2, -0.15) is 0 Å². The Labute approximate surface area is 154 Å². The van der Waals surface area contributed by atoms with Crippen molar-refractivity contribution in [2.45, 2.75) is 6.92 Å². The maximum absolute atomic E-state index is 14.0. The van der Waals surface area contributed by atoms with Gasteiger partial charge in [0.15, 0.2) is 10.9 Å². The van der Waals surface area contributed by atoms with Crippen LogP contribution in [0.4, 0.5) is 13.9 Å². The standard InChI is InChI=1S/C19H19F2N3OS/c1-12-5-4-6-13(9-12)18(25)24(8-7-23(2)3)19-22-17-15(21)10-14(20)11-16(17)26-19/h4-6,9-11H,7-8H2,1-3H3/p+1. The first-order valence-corrected chi connectivity index (χ1v) is 9.10. The van der Waals surface area contributed by atoms with Crippen LogP contribution in [-0.4, -0.2) is 38.1 Å². The van der Waals surface area contributed by atoms with E-state index in [9.17, 15) is 13.6 Å². The lowest BCUT2D eigenvalue weighted by Gasteiger charge is -2.21. The number of likely N-dealkylation sites (N-methyl/N-ethyl adjacent to an activating group) is 1. The van der Waals surface area contributed by atoms with E-state index in [4.69, 9.17) is 0 Å². The largest absolute Gasteiger partial charge is 0.338 e. The second-order valence-corrected chi connectivity index (χ2v) is 7.52. The number of hydrogen-bond donors (Lipinski definition) is 1. The lowest BCUT2D eigenvalue weighted by molar-refractivity contribution is -0.856. The highest BCUT2D eigenvalue weighted by Gasteiger charge is 2.23. The Kier molecular flexibility index (Phi) is 5.29. The average molecular weight is 376 g/mol. The number of fused-ring (bicyclic) bond motifs is 1. The van der Waals surface area contributed by atoms with Gasteiger partial charge in [0.2, 0.25) is 0 Å². The van der Waals surface area contributed by atoms with Crippen molar-refractivity contribution < 1.29 is 18.5 Å². The molecule has 0 bridgehead atoms. The number of hydrogen-bond acceptors (Lipinski definition) is 3. The number of quaternary nitrogens is 1. The molecule has 1 aromatic heterocycles. The molecule has 2 aromatic carbocycles. The number of rotatable bonds is 5. The number of nitrogens with zero attached hydrogens (tertiary/aromatic N) is 2. The molecule has 3 rings (SSSR count). The van der Waals surface area contributed by atoms with E-state index in [1.807, 2.05) is 39.2 Å². The molecule has 136 valence electrons. The van der Waals surface area contributed by atoms with Gasteiger partial charge in [0.1, 0.15) is 11.3 Å². The quantitative estimate of drug-likeness (QED) is 0.744. The third kappa shape index (κ3) is 3.89. The number of anilines is 1. The van der Waals surface area contributed by atoms with Crippen LogP contribution >= 0.6 is 11.3 Å². The molecule has 0 aliphatic heterocycles. The highest BCUT2D eigenvalue weighted by atomic mass is 32.1. The first kappa shape index (κ1) is 18.4. The summed E-state index contributed by atoms with van der Waals surface area (Å²) in [5.41, 5.74) is 1.61. The van der Waals surface area contributed by atoms with E-state index in [-0.39, 0.29) is 11.4 Å². The molecule has 3 aromatic rings. The Morgan fingerprint density at radius 1 is 1.23 bits per heavy atom. The van der Waals surface area contributed by atoms with Crippen LogP contribution < -0.4 is 9.80 Å². The van der Waals surface area contributed by atoms with Gasteiger partial charge in [0, 0.05) is 11.6 Å². The Hall–Kier alpha value is -2.38. The molecule has 0 unspecified atom stereocenters. The summed E-state index contributed by atoms with van der Waals surface area (Å²) in [6.45, 7) is 3.05. The minimum Gasteiger partial charge on any atom is -0.338 e. The summed E-state index contributed by atoms with van der Waals surface area (Å²) in [4.78, 5) is 20.0. The van der Waals surface area contributed by atoms with Crippen molar-refractivity contribution >= 4 is 32.6 Å². The molecular weight excluding hydrogens is 356 g/mol. The minimum absolute atomic E-state index is 0.0886. The molecule has 7 heteroatoms. The van der Waals surface area contributed by atoms with E-state index < -0.39 is 11.6 Å². The number of thiazole rings is 1. The number of nitrogens with one attached hydrogen (secondary N) is 1. The van der Waals surface area contributed by atoms with Gasteiger partial charge in [0.05, 0.1) is 31.9 Å². The number of aryl methyl sites for hydroxylation is 1. The molecule has 0 spiro atoms. The van der Waals surface area contributed by atoms with Crippen LogP contribution in [0.5, 0.6) is 0 Å². The maximum Gasteiger partial charge on any atom is 0.260 e. The second-order valence-electron chi connectivity index (χ2n) is 6.51. The first-order chi connectivity index (χ1) is 12.3. The second kappa shape index (κ2) is 7.47. The topological polar surface area (TPSA) is 37.6 Å². The fourth-order valence-electron chi connectivity index (χ4n) is 2.61. The summed E-state index contributed by atoms with van der Waals surface area (Å²) >= 11 is 1.12. The number of benzene rings is 2. The fourth-order valence-corrected chi connectivity index (χ4v) is 3.64. The third-order valence-corrected chi connectivity index (χ3v) is 5.00. The van der Waals surface area contributed by atoms with E-state index in [0.29, 0.717) is 28.5 Å². The lowest BCUT2D eigenvalue weighted by Crippen LogP contribution is -3.06. The number of carbonyl (C=O) groups excluding carboxylic acids is 1. The van der Waals surface area contributed by atoms with Gasteiger partial charge >= 0.3 is 0 Å². The number of carbonyl (C=O) groups is 1. The first-order valence-electron chi connectivity index (χ1n) is 8.28. The van der Waals surface area contributed by atoms with Crippen LogP contribution in [0.2, 0.25) is 0 Å².